The first-order valence-electron chi connectivity index (χ1n) is 11.3. The summed E-state index contributed by atoms with van der Waals surface area (Å²) < 4.78 is 38.9. The number of ether oxygens (including phenoxy) is 3. The van der Waals surface area contributed by atoms with Gasteiger partial charge >= 0.3 is 5.71 Å². The van der Waals surface area contributed by atoms with Crippen molar-refractivity contribution in [3.05, 3.63) is 94.0 Å². The fourth-order valence-corrected chi connectivity index (χ4v) is 4.74. The van der Waals surface area contributed by atoms with Crippen LogP contribution in [0.2, 0.25) is 0 Å². The molecular weight excluding hydrogens is 508 g/mol. The van der Waals surface area contributed by atoms with Gasteiger partial charge in [-0.25, -0.2) is 8.42 Å². The topological polar surface area (TPSA) is 132 Å². The summed E-state index contributed by atoms with van der Waals surface area (Å²) in [7, 11) is 1.16. The Morgan fingerprint density at radius 1 is 0.868 bits per heavy atom. The first-order valence-corrected chi connectivity index (χ1v) is 13.1. The zero-order valence-electron chi connectivity index (χ0n) is 21.5. The molecule has 0 N–H and O–H groups in total. The third-order valence-corrected chi connectivity index (χ3v) is 6.88. The largest absolute Gasteiger partial charge is 0.493 e. The molecule has 0 bridgehead atoms. The van der Waals surface area contributed by atoms with Crippen LogP contribution in [-0.4, -0.2) is 58.1 Å². The van der Waals surface area contributed by atoms with Crippen LogP contribution in [0.15, 0.2) is 65.6 Å². The molecule has 10 heteroatoms. The smallest absolute Gasteiger partial charge is 0.362 e. The number of hydrogen-bond acceptors (Lipinski definition) is 7. The molecule has 0 saturated carbocycles. The number of sulfone groups is 1. The second-order valence-corrected chi connectivity index (χ2v) is 10.2. The summed E-state index contributed by atoms with van der Waals surface area (Å²) >= 11 is 0. The molecule has 0 heterocycles. The van der Waals surface area contributed by atoms with Crippen LogP contribution in [0.4, 0.5) is 0 Å². The Balaban J connectivity index is 0.000000215. The van der Waals surface area contributed by atoms with Crippen molar-refractivity contribution in [2.24, 2.45) is 0 Å². The molecule has 0 aliphatic heterocycles. The van der Waals surface area contributed by atoms with E-state index in [0.29, 0.717) is 33.9 Å². The molecule has 4 rings (SSSR count). The summed E-state index contributed by atoms with van der Waals surface area (Å²) in [6.45, 7) is 1.98. The number of allylic oxidation sites excluding steroid dienone is 1. The van der Waals surface area contributed by atoms with E-state index in [1.165, 1.54) is 44.6 Å². The summed E-state index contributed by atoms with van der Waals surface area (Å²) in [4.78, 5) is 27.4. The lowest BCUT2D eigenvalue weighted by Gasteiger charge is -2.15. The molecule has 1 aliphatic rings. The zero-order valence-corrected chi connectivity index (χ0v) is 22.3. The van der Waals surface area contributed by atoms with Gasteiger partial charge in [0.1, 0.15) is 0 Å². The van der Waals surface area contributed by atoms with Crippen molar-refractivity contribution in [2.45, 2.75) is 11.8 Å². The van der Waals surface area contributed by atoms with Crippen LogP contribution in [-0.2, 0) is 9.84 Å². The maximum absolute atomic E-state index is 12.6. The summed E-state index contributed by atoms with van der Waals surface area (Å²) in [6.07, 6.45) is 3.83. The second kappa shape index (κ2) is 11.7. The molecule has 0 spiro atoms. The lowest BCUT2D eigenvalue weighted by Crippen LogP contribution is -2.19. The van der Waals surface area contributed by atoms with Gasteiger partial charge in [-0.3, -0.25) is 9.59 Å². The summed E-state index contributed by atoms with van der Waals surface area (Å²) in [5.41, 5.74) is 11.2. The van der Waals surface area contributed by atoms with E-state index in [0.717, 1.165) is 11.8 Å². The monoisotopic (exact) mass is 534 g/mol. The molecular formula is C28H26N2O7S. The number of nitrogens with zero attached hydrogens (tertiary/aromatic N) is 2. The van der Waals surface area contributed by atoms with Crippen LogP contribution in [0.1, 0.15) is 37.4 Å². The lowest BCUT2D eigenvalue weighted by molar-refractivity contribution is -0.00436. The van der Waals surface area contributed by atoms with E-state index in [1.54, 1.807) is 31.4 Å². The number of hydrogen-bond donors (Lipinski definition) is 0. The normalized spacial score (nSPS) is 12.0. The summed E-state index contributed by atoms with van der Waals surface area (Å²) in [6, 6.07) is 15.2. The van der Waals surface area contributed by atoms with Gasteiger partial charge in [-0.15, -0.1) is 0 Å². The summed E-state index contributed by atoms with van der Waals surface area (Å²) in [5, 5.41) is 0. The van der Waals surface area contributed by atoms with Crippen molar-refractivity contribution in [1.82, 2.24) is 0 Å². The average Bonchev–Trinajstić information content (AvgIpc) is 2.92. The van der Waals surface area contributed by atoms with Crippen molar-refractivity contribution < 1.29 is 37.0 Å². The Labute approximate surface area is 220 Å². The molecule has 0 fully saturated rings. The first-order chi connectivity index (χ1) is 18.1. The second-order valence-electron chi connectivity index (χ2n) is 8.21. The predicted octanol–water partition coefficient (Wildman–Crippen LogP) is 4.22. The number of aryl methyl sites for hydroxylation is 1. The van der Waals surface area contributed by atoms with Crippen LogP contribution >= 0.6 is 0 Å². The van der Waals surface area contributed by atoms with E-state index >= 15 is 0 Å². The van der Waals surface area contributed by atoms with E-state index in [1.807, 2.05) is 19.1 Å². The molecule has 9 nitrogen and oxygen atoms in total. The van der Waals surface area contributed by atoms with E-state index in [4.69, 9.17) is 19.7 Å². The third-order valence-electron chi connectivity index (χ3n) is 5.72. The standard InChI is InChI=1S/C17H18O4.C11H8N2O3S/c1-11-5-7-12(8-6-11)15(18)13-9-10-14(19-2)17(21-4)16(13)20-3;1-17(15,16)10-4-2-3-8-7(10)5-6-9(13-12)11(8)14/h5-10H,1-4H3;2-6H,1H3. The minimum absolute atomic E-state index is 0.0941. The van der Waals surface area contributed by atoms with Gasteiger partial charge in [-0.1, -0.05) is 42.0 Å². The highest BCUT2D eigenvalue weighted by atomic mass is 32.2. The molecule has 0 unspecified atom stereocenters. The van der Waals surface area contributed by atoms with Gasteiger partial charge < -0.3 is 19.7 Å². The van der Waals surface area contributed by atoms with Crippen LogP contribution in [0.25, 0.3) is 11.6 Å². The Morgan fingerprint density at radius 2 is 1.53 bits per heavy atom. The minimum Gasteiger partial charge on any atom is -0.493 e. The fourth-order valence-electron chi connectivity index (χ4n) is 3.83. The molecule has 3 aromatic carbocycles. The number of fused-ring (bicyclic) bond motifs is 1. The SMILES string of the molecule is COc1ccc(C(=O)c2ccc(C)cc2)c(OC)c1OC.CS(=O)(=O)c1cccc2c1C=CC(=[N+]=[N-])C2=O. The Hall–Kier alpha value is -4.53. The van der Waals surface area contributed by atoms with E-state index in [2.05, 4.69) is 4.79 Å². The number of carbonyl (C=O) groups is 2. The van der Waals surface area contributed by atoms with Gasteiger partial charge in [-0.05, 0) is 31.2 Å². The van der Waals surface area contributed by atoms with Crippen LogP contribution in [0.5, 0.6) is 17.2 Å². The highest BCUT2D eigenvalue weighted by Gasteiger charge is 2.28. The molecule has 0 saturated heterocycles. The number of ketones is 2. The average molecular weight is 535 g/mol. The number of Topliss-reactive ketones (excluding diaryl/α,β-unsaturated/α-hetero) is 1. The van der Waals surface area contributed by atoms with Gasteiger partial charge in [-0.2, -0.15) is 4.79 Å². The van der Waals surface area contributed by atoms with Gasteiger partial charge in [0.2, 0.25) is 5.75 Å². The van der Waals surface area contributed by atoms with Gasteiger partial charge in [0.05, 0.1) is 31.8 Å². The Bertz CT molecular complexity index is 1580. The number of carbonyl (C=O) groups excluding carboxylic acids is 2. The van der Waals surface area contributed by atoms with Crippen molar-refractivity contribution >= 4 is 33.2 Å². The molecule has 0 aromatic heterocycles. The van der Waals surface area contributed by atoms with E-state index < -0.39 is 15.6 Å². The lowest BCUT2D eigenvalue weighted by atomic mass is 9.95. The maximum atomic E-state index is 12.6. The molecule has 3 aromatic rings. The molecule has 196 valence electrons. The molecule has 0 amide bonds. The fraction of sp³-hybridized carbons (Fsp3) is 0.179. The highest BCUT2D eigenvalue weighted by molar-refractivity contribution is 7.90. The summed E-state index contributed by atoms with van der Waals surface area (Å²) in [5.74, 6) is 0.707. The molecule has 0 radical (unpaired) electrons. The van der Waals surface area contributed by atoms with Crippen molar-refractivity contribution in [3.63, 3.8) is 0 Å². The highest BCUT2D eigenvalue weighted by Crippen LogP contribution is 2.40. The number of rotatable bonds is 6. The van der Waals surface area contributed by atoms with Crippen LogP contribution in [0, 0.1) is 6.92 Å². The molecule has 1 aliphatic carbocycles. The van der Waals surface area contributed by atoms with Crippen molar-refractivity contribution in [3.8, 4) is 17.2 Å². The molecule has 38 heavy (non-hydrogen) atoms. The van der Waals surface area contributed by atoms with Gasteiger partial charge in [0.25, 0.3) is 5.78 Å². The number of methoxy groups -OCH3 is 3. The van der Waals surface area contributed by atoms with E-state index in [9.17, 15) is 18.0 Å². The maximum Gasteiger partial charge on any atom is 0.362 e. The first kappa shape index (κ1) is 28.0. The van der Waals surface area contributed by atoms with Gasteiger partial charge in [0.15, 0.2) is 27.1 Å². The number of benzene rings is 3. The van der Waals surface area contributed by atoms with E-state index in [-0.39, 0.29) is 22.0 Å². The van der Waals surface area contributed by atoms with Crippen molar-refractivity contribution in [2.75, 3.05) is 27.6 Å². The minimum atomic E-state index is -3.40. The van der Waals surface area contributed by atoms with Crippen molar-refractivity contribution in [1.29, 1.82) is 0 Å². The van der Waals surface area contributed by atoms with Crippen LogP contribution in [0.3, 0.4) is 0 Å². The van der Waals surface area contributed by atoms with Gasteiger partial charge in [0, 0.05) is 29.0 Å². The Kier molecular flexibility index (Phi) is 8.62. The Morgan fingerprint density at radius 3 is 2.08 bits per heavy atom. The molecule has 0 atom stereocenters. The third kappa shape index (κ3) is 5.72. The quantitative estimate of drug-likeness (QED) is 0.263. The predicted molar refractivity (Wildman–Crippen MR) is 142 cm³/mol. The zero-order chi connectivity index (χ0) is 28.0. The van der Waals surface area contributed by atoms with Crippen LogP contribution < -0.4 is 14.2 Å².